The third kappa shape index (κ3) is 2.66. The van der Waals surface area contributed by atoms with E-state index >= 15 is 0 Å². The molecule has 24 heavy (non-hydrogen) atoms. The van der Waals surface area contributed by atoms with Crippen LogP contribution in [-0.4, -0.2) is 25.3 Å². The SMILES string of the molecule is CC(C(=O)NCc1ccc2c(c1)OCO2)N1CCc2ccccc21. The van der Waals surface area contributed by atoms with Crippen LogP contribution >= 0.6 is 0 Å². The maximum absolute atomic E-state index is 12.5. The first-order valence-electron chi connectivity index (χ1n) is 8.23. The summed E-state index contributed by atoms with van der Waals surface area (Å²) < 4.78 is 10.7. The normalized spacial score (nSPS) is 16.0. The Labute approximate surface area is 141 Å². The van der Waals surface area contributed by atoms with Crippen LogP contribution in [0.25, 0.3) is 0 Å². The molecule has 0 aromatic heterocycles. The highest BCUT2D eigenvalue weighted by Gasteiger charge is 2.27. The number of fused-ring (bicyclic) bond motifs is 2. The van der Waals surface area contributed by atoms with Crippen LogP contribution in [0.5, 0.6) is 11.5 Å². The zero-order valence-electron chi connectivity index (χ0n) is 13.6. The number of ether oxygens (including phenoxy) is 2. The average molecular weight is 324 g/mol. The summed E-state index contributed by atoms with van der Waals surface area (Å²) in [5.74, 6) is 1.53. The number of carbonyl (C=O) groups excluding carboxylic acids is 1. The van der Waals surface area contributed by atoms with Gasteiger partial charge in [0.2, 0.25) is 12.7 Å². The molecule has 0 radical (unpaired) electrons. The van der Waals surface area contributed by atoms with E-state index in [1.165, 1.54) is 11.3 Å². The van der Waals surface area contributed by atoms with Crippen LogP contribution in [0.2, 0.25) is 0 Å². The highest BCUT2D eigenvalue weighted by molar-refractivity contribution is 5.85. The third-order valence-corrected chi connectivity index (χ3v) is 4.67. The van der Waals surface area contributed by atoms with Gasteiger partial charge in [-0.25, -0.2) is 0 Å². The number of amides is 1. The molecule has 2 aromatic carbocycles. The number of rotatable bonds is 4. The van der Waals surface area contributed by atoms with Crippen molar-refractivity contribution in [2.45, 2.75) is 25.9 Å². The smallest absolute Gasteiger partial charge is 0.242 e. The standard InChI is InChI=1S/C19H20N2O3/c1-13(21-9-8-15-4-2-3-5-16(15)21)19(22)20-11-14-6-7-17-18(10-14)24-12-23-17/h2-7,10,13H,8-9,11-12H2,1H3,(H,20,22). The van der Waals surface area contributed by atoms with Gasteiger partial charge in [-0.2, -0.15) is 0 Å². The van der Waals surface area contributed by atoms with Gasteiger partial charge in [-0.15, -0.1) is 0 Å². The number of hydrogen-bond acceptors (Lipinski definition) is 4. The molecule has 2 aromatic rings. The zero-order valence-corrected chi connectivity index (χ0v) is 13.6. The topological polar surface area (TPSA) is 50.8 Å². The summed E-state index contributed by atoms with van der Waals surface area (Å²) in [5, 5.41) is 3.02. The van der Waals surface area contributed by atoms with Crippen molar-refractivity contribution in [2.75, 3.05) is 18.2 Å². The molecule has 124 valence electrons. The molecule has 0 saturated carbocycles. The van der Waals surface area contributed by atoms with Gasteiger partial charge in [0.25, 0.3) is 0 Å². The summed E-state index contributed by atoms with van der Waals surface area (Å²) in [6, 6.07) is 13.8. The molecule has 0 spiro atoms. The summed E-state index contributed by atoms with van der Waals surface area (Å²) in [6.45, 7) is 3.58. The monoisotopic (exact) mass is 324 g/mol. The van der Waals surface area contributed by atoms with Crippen molar-refractivity contribution in [3.8, 4) is 11.5 Å². The van der Waals surface area contributed by atoms with Crippen LogP contribution in [0, 0.1) is 0 Å². The maximum atomic E-state index is 12.5. The number of benzene rings is 2. The summed E-state index contributed by atoms with van der Waals surface area (Å²) in [6.07, 6.45) is 0.996. The Morgan fingerprint density at radius 2 is 2.04 bits per heavy atom. The molecule has 5 heteroatoms. The Hall–Kier alpha value is -2.69. The molecule has 0 bridgehead atoms. The van der Waals surface area contributed by atoms with Gasteiger partial charge in [0.15, 0.2) is 11.5 Å². The van der Waals surface area contributed by atoms with Crippen molar-refractivity contribution in [3.63, 3.8) is 0 Å². The molecular formula is C19H20N2O3. The van der Waals surface area contributed by atoms with E-state index in [9.17, 15) is 4.79 Å². The number of nitrogens with zero attached hydrogens (tertiary/aromatic N) is 1. The van der Waals surface area contributed by atoms with Gasteiger partial charge < -0.3 is 19.7 Å². The van der Waals surface area contributed by atoms with E-state index in [-0.39, 0.29) is 18.7 Å². The molecule has 1 atom stereocenters. The van der Waals surface area contributed by atoms with Crippen LogP contribution in [0.3, 0.4) is 0 Å². The first-order valence-corrected chi connectivity index (χ1v) is 8.23. The lowest BCUT2D eigenvalue weighted by atomic mass is 10.1. The molecule has 0 fully saturated rings. The first-order chi connectivity index (χ1) is 11.7. The molecule has 1 N–H and O–H groups in total. The molecule has 2 heterocycles. The molecule has 0 aliphatic carbocycles. The summed E-state index contributed by atoms with van der Waals surface area (Å²) >= 11 is 0. The number of hydrogen-bond donors (Lipinski definition) is 1. The Bertz CT molecular complexity index is 775. The zero-order chi connectivity index (χ0) is 16.5. The highest BCUT2D eigenvalue weighted by atomic mass is 16.7. The fourth-order valence-corrected chi connectivity index (χ4v) is 3.30. The Balaban J connectivity index is 1.40. The number of anilines is 1. The van der Waals surface area contributed by atoms with E-state index < -0.39 is 0 Å². The second kappa shape index (κ2) is 6.07. The lowest BCUT2D eigenvalue weighted by molar-refractivity contribution is -0.122. The van der Waals surface area contributed by atoms with E-state index in [4.69, 9.17) is 9.47 Å². The van der Waals surface area contributed by atoms with Gasteiger partial charge in [0.1, 0.15) is 6.04 Å². The fourth-order valence-electron chi connectivity index (χ4n) is 3.30. The van der Waals surface area contributed by atoms with Gasteiger partial charge in [-0.05, 0) is 42.7 Å². The molecule has 2 aliphatic rings. The minimum Gasteiger partial charge on any atom is -0.454 e. The Kier molecular flexibility index (Phi) is 3.76. The largest absolute Gasteiger partial charge is 0.454 e. The molecular weight excluding hydrogens is 304 g/mol. The Morgan fingerprint density at radius 3 is 2.96 bits per heavy atom. The predicted octanol–water partition coefficient (Wildman–Crippen LogP) is 2.48. The van der Waals surface area contributed by atoms with Gasteiger partial charge in [0, 0.05) is 18.8 Å². The van der Waals surface area contributed by atoms with Crippen molar-refractivity contribution in [1.29, 1.82) is 0 Å². The number of para-hydroxylation sites is 1. The maximum Gasteiger partial charge on any atom is 0.242 e. The van der Waals surface area contributed by atoms with E-state index in [0.717, 1.165) is 30.0 Å². The van der Waals surface area contributed by atoms with Crippen molar-refractivity contribution in [1.82, 2.24) is 5.32 Å². The van der Waals surface area contributed by atoms with Crippen molar-refractivity contribution < 1.29 is 14.3 Å². The van der Waals surface area contributed by atoms with E-state index in [2.05, 4.69) is 22.3 Å². The second-order valence-electron chi connectivity index (χ2n) is 6.15. The highest BCUT2D eigenvalue weighted by Crippen LogP contribution is 2.32. The molecule has 2 aliphatic heterocycles. The summed E-state index contributed by atoms with van der Waals surface area (Å²) in [7, 11) is 0. The van der Waals surface area contributed by atoms with Crippen LogP contribution in [0.15, 0.2) is 42.5 Å². The predicted molar refractivity (Wildman–Crippen MR) is 91.4 cm³/mol. The van der Waals surface area contributed by atoms with Gasteiger partial charge >= 0.3 is 0 Å². The third-order valence-electron chi connectivity index (χ3n) is 4.67. The summed E-state index contributed by atoms with van der Waals surface area (Å²) in [4.78, 5) is 14.7. The second-order valence-corrected chi connectivity index (χ2v) is 6.15. The number of nitrogens with one attached hydrogen (secondary N) is 1. The molecule has 1 unspecified atom stereocenters. The minimum atomic E-state index is -0.192. The van der Waals surface area contributed by atoms with Gasteiger partial charge in [-0.3, -0.25) is 4.79 Å². The fraction of sp³-hybridized carbons (Fsp3) is 0.316. The van der Waals surface area contributed by atoms with Crippen LogP contribution in [0.1, 0.15) is 18.1 Å². The molecule has 0 saturated heterocycles. The van der Waals surface area contributed by atoms with Crippen molar-refractivity contribution >= 4 is 11.6 Å². The molecule has 4 rings (SSSR count). The van der Waals surface area contributed by atoms with Gasteiger partial charge in [0.05, 0.1) is 0 Å². The van der Waals surface area contributed by atoms with Crippen LogP contribution < -0.4 is 19.7 Å². The minimum absolute atomic E-state index is 0.0318. The van der Waals surface area contributed by atoms with E-state index in [0.29, 0.717) is 6.54 Å². The lowest BCUT2D eigenvalue weighted by Gasteiger charge is -2.26. The van der Waals surface area contributed by atoms with Crippen LogP contribution in [0.4, 0.5) is 5.69 Å². The Morgan fingerprint density at radius 1 is 1.21 bits per heavy atom. The van der Waals surface area contributed by atoms with E-state index in [1.54, 1.807) is 0 Å². The van der Waals surface area contributed by atoms with Gasteiger partial charge in [-0.1, -0.05) is 24.3 Å². The average Bonchev–Trinajstić information content (AvgIpc) is 3.25. The quantitative estimate of drug-likeness (QED) is 0.939. The first kappa shape index (κ1) is 14.9. The number of carbonyl (C=O) groups is 1. The van der Waals surface area contributed by atoms with Crippen molar-refractivity contribution in [2.24, 2.45) is 0 Å². The summed E-state index contributed by atoms with van der Waals surface area (Å²) in [5.41, 5.74) is 3.48. The molecule has 5 nitrogen and oxygen atoms in total. The van der Waals surface area contributed by atoms with Crippen LogP contribution in [-0.2, 0) is 17.8 Å². The molecule has 1 amide bonds. The van der Waals surface area contributed by atoms with E-state index in [1.807, 2.05) is 37.3 Å². The lowest BCUT2D eigenvalue weighted by Crippen LogP contribution is -2.44. The van der Waals surface area contributed by atoms with Crippen molar-refractivity contribution in [3.05, 3.63) is 53.6 Å².